The predicted molar refractivity (Wildman–Crippen MR) is 84.6 cm³/mol. The Morgan fingerprint density at radius 2 is 1.95 bits per heavy atom. The van der Waals surface area contributed by atoms with Gasteiger partial charge in [-0.25, -0.2) is 0 Å². The summed E-state index contributed by atoms with van der Waals surface area (Å²) in [5.74, 6) is -0.0263. The minimum atomic E-state index is -0.0263. The van der Waals surface area contributed by atoms with Gasteiger partial charge in [-0.3, -0.25) is 4.79 Å². The summed E-state index contributed by atoms with van der Waals surface area (Å²) in [6.07, 6.45) is 0.975. The van der Waals surface area contributed by atoms with Gasteiger partial charge in [0, 0.05) is 22.2 Å². The van der Waals surface area contributed by atoms with Crippen molar-refractivity contribution in [3.8, 4) is 0 Å². The maximum atomic E-state index is 11.9. The van der Waals surface area contributed by atoms with Crippen LogP contribution < -0.4 is 5.32 Å². The molecular weight excluding hydrogens is 293 g/mol. The van der Waals surface area contributed by atoms with E-state index in [2.05, 4.69) is 5.32 Å². The molecule has 104 valence electrons. The fourth-order valence-corrected chi connectivity index (χ4v) is 2.42. The van der Waals surface area contributed by atoms with E-state index in [1.54, 1.807) is 12.1 Å². The number of hydrogen-bond donors (Lipinski definition) is 1. The van der Waals surface area contributed by atoms with Crippen molar-refractivity contribution in [2.75, 3.05) is 5.32 Å². The van der Waals surface area contributed by atoms with Crippen molar-refractivity contribution < 1.29 is 4.79 Å². The zero-order chi connectivity index (χ0) is 14.5. The molecule has 1 amide bonds. The molecule has 0 atom stereocenters. The van der Waals surface area contributed by atoms with Crippen LogP contribution in [0.4, 0.5) is 5.69 Å². The number of amides is 1. The van der Waals surface area contributed by atoms with Crippen LogP contribution in [0.25, 0.3) is 0 Å². The number of rotatable bonds is 4. The molecule has 1 N–H and O–H groups in total. The van der Waals surface area contributed by atoms with Crippen LogP contribution in [0.5, 0.6) is 0 Å². The molecule has 0 saturated heterocycles. The fourth-order valence-electron chi connectivity index (χ4n) is 1.92. The summed E-state index contributed by atoms with van der Waals surface area (Å²) in [6, 6.07) is 13.0. The van der Waals surface area contributed by atoms with E-state index in [1.807, 2.05) is 37.3 Å². The molecule has 0 spiro atoms. The third-order valence-electron chi connectivity index (χ3n) is 2.94. The first-order valence-electron chi connectivity index (χ1n) is 6.35. The monoisotopic (exact) mass is 307 g/mol. The molecule has 0 saturated carbocycles. The number of carbonyl (C=O) groups excluding carboxylic acids is 1. The van der Waals surface area contributed by atoms with Gasteiger partial charge in [-0.2, -0.15) is 0 Å². The number of hydrogen-bond acceptors (Lipinski definition) is 1. The third-order valence-corrected chi connectivity index (χ3v) is 3.53. The molecule has 0 aliphatic carbocycles. The second-order valence-electron chi connectivity index (χ2n) is 4.65. The number of benzene rings is 2. The Morgan fingerprint density at radius 3 is 2.65 bits per heavy atom. The Labute approximate surface area is 128 Å². The third kappa shape index (κ3) is 4.26. The van der Waals surface area contributed by atoms with Gasteiger partial charge in [0.05, 0.1) is 0 Å². The Bertz CT molecular complexity index is 626. The van der Waals surface area contributed by atoms with E-state index in [-0.39, 0.29) is 5.91 Å². The Balaban J connectivity index is 1.92. The van der Waals surface area contributed by atoms with Gasteiger partial charge in [-0.05, 0) is 48.7 Å². The minimum Gasteiger partial charge on any atom is -0.326 e. The van der Waals surface area contributed by atoms with Crippen LogP contribution in [0.15, 0.2) is 42.5 Å². The van der Waals surface area contributed by atoms with E-state index < -0.39 is 0 Å². The first kappa shape index (κ1) is 14.9. The fraction of sp³-hybridized carbons (Fsp3) is 0.188. The van der Waals surface area contributed by atoms with Gasteiger partial charge >= 0.3 is 0 Å². The van der Waals surface area contributed by atoms with E-state index in [0.29, 0.717) is 22.9 Å². The smallest absolute Gasteiger partial charge is 0.224 e. The van der Waals surface area contributed by atoms with Crippen molar-refractivity contribution in [2.24, 2.45) is 0 Å². The second kappa shape index (κ2) is 6.78. The van der Waals surface area contributed by atoms with Crippen molar-refractivity contribution in [2.45, 2.75) is 19.8 Å². The lowest BCUT2D eigenvalue weighted by molar-refractivity contribution is -0.116. The highest BCUT2D eigenvalue weighted by atomic mass is 35.5. The van der Waals surface area contributed by atoms with Crippen molar-refractivity contribution in [3.63, 3.8) is 0 Å². The Hall–Kier alpha value is -1.51. The summed E-state index contributed by atoms with van der Waals surface area (Å²) in [5.41, 5.74) is 2.86. The van der Waals surface area contributed by atoms with Gasteiger partial charge < -0.3 is 5.32 Å². The van der Waals surface area contributed by atoms with Crippen molar-refractivity contribution >= 4 is 34.8 Å². The Kier molecular flexibility index (Phi) is 5.05. The number of halogens is 2. The Morgan fingerprint density at radius 1 is 1.15 bits per heavy atom. The van der Waals surface area contributed by atoms with Crippen molar-refractivity contribution in [1.82, 2.24) is 0 Å². The first-order chi connectivity index (χ1) is 9.54. The average molecular weight is 308 g/mol. The van der Waals surface area contributed by atoms with Gasteiger partial charge in [0.25, 0.3) is 0 Å². The average Bonchev–Trinajstić information content (AvgIpc) is 2.37. The van der Waals surface area contributed by atoms with Crippen molar-refractivity contribution in [1.29, 1.82) is 0 Å². The van der Waals surface area contributed by atoms with E-state index in [1.165, 1.54) is 0 Å². The van der Waals surface area contributed by atoms with Gasteiger partial charge in [-0.1, -0.05) is 41.4 Å². The molecule has 2 aromatic carbocycles. The summed E-state index contributed by atoms with van der Waals surface area (Å²) in [7, 11) is 0. The highest BCUT2D eigenvalue weighted by molar-refractivity contribution is 6.35. The SMILES string of the molecule is Cc1cccc(NC(=O)CCc2ccc(Cl)cc2Cl)c1. The lowest BCUT2D eigenvalue weighted by Gasteiger charge is -2.07. The maximum absolute atomic E-state index is 11.9. The molecule has 0 aromatic heterocycles. The molecule has 0 unspecified atom stereocenters. The van der Waals surface area contributed by atoms with Crippen molar-refractivity contribution in [3.05, 3.63) is 63.6 Å². The minimum absolute atomic E-state index is 0.0263. The zero-order valence-corrected chi connectivity index (χ0v) is 12.6. The summed E-state index contributed by atoms with van der Waals surface area (Å²) >= 11 is 11.9. The van der Waals surface area contributed by atoms with E-state index >= 15 is 0 Å². The van der Waals surface area contributed by atoms with Gasteiger partial charge in [-0.15, -0.1) is 0 Å². The van der Waals surface area contributed by atoms with Gasteiger partial charge in [0.15, 0.2) is 0 Å². The van der Waals surface area contributed by atoms with Gasteiger partial charge in [0.2, 0.25) is 5.91 Å². The number of anilines is 1. The highest BCUT2D eigenvalue weighted by Crippen LogP contribution is 2.22. The molecule has 2 nitrogen and oxygen atoms in total. The standard InChI is InChI=1S/C16H15Cl2NO/c1-11-3-2-4-14(9-11)19-16(20)8-6-12-5-7-13(17)10-15(12)18/h2-5,7,9-10H,6,8H2,1H3,(H,19,20). The van der Waals surface area contributed by atoms with Crippen LogP contribution in [-0.4, -0.2) is 5.91 Å². The highest BCUT2D eigenvalue weighted by Gasteiger charge is 2.06. The number of aryl methyl sites for hydroxylation is 2. The molecule has 0 fully saturated rings. The lowest BCUT2D eigenvalue weighted by Crippen LogP contribution is -2.12. The van der Waals surface area contributed by atoms with Gasteiger partial charge in [0.1, 0.15) is 0 Å². The summed E-state index contributed by atoms with van der Waals surface area (Å²) in [5, 5.41) is 4.07. The summed E-state index contributed by atoms with van der Waals surface area (Å²) < 4.78 is 0. The molecule has 0 heterocycles. The molecule has 0 bridgehead atoms. The zero-order valence-electron chi connectivity index (χ0n) is 11.1. The lowest BCUT2D eigenvalue weighted by atomic mass is 10.1. The topological polar surface area (TPSA) is 29.1 Å². The molecule has 0 aliphatic heterocycles. The van der Waals surface area contributed by atoms with Crippen LogP contribution in [0.2, 0.25) is 10.0 Å². The van der Waals surface area contributed by atoms with E-state index in [0.717, 1.165) is 16.8 Å². The molecule has 20 heavy (non-hydrogen) atoms. The first-order valence-corrected chi connectivity index (χ1v) is 7.10. The van der Waals surface area contributed by atoms with Crippen LogP contribution in [-0.2, 0) is 11.2 Å². The number of nitrogens with one attached hydrogen (secondary N) is 1. The van der Waals surface area contributed by atoms with E-state index in [9.17, 15) is 4.79 Å². The van der Waals surface area contributed by atoms with Crippen LogP contribution in [0, 0.1) is 6.92 Å². The second-order valence-corrected chi connectivity index (χ2v) is 5.50. The van der Waals surface area contributed by atoms with E-state index in [4.69, 9.17) is 23.2 Å². The molecule has 0 radical (unpaired) electrons. The van der Waals surface area contributed by atoms with Crippen LogP contribution >= 0.6 is 23.2 Å². The summed E-state index contributed by atoms with van der Waals surface area (Å²) in [4.78, 5) is 11.9. The number of carbonyl (C=O) groups is 1. The summed E-state index contributed by atoms with van der Waals surface area (Å²) in [6.45, 7) is 1.99. The quantitative estimate of drug-likeness (QED) is 0.857. The largest absolute Gasteiger partial charge is 0.326 e. The molecule has 0 aliphatic rings. The molecular formula is C16H15Cl2NO. The maximum Gasteiger partial charge on any atom is 0.224 e. The predicted octanol–water partition coefficient (Wildman–Crippen LogP) is 4.87. The van der Waals surface area contributed by atoms with Crippen LogP contribution in [0.3, 0.4) is 0 Å². The molecule has 2 aromatic rings. The van der Waals surface area contributed by atoms with Crippen LogP contribution in [0.1, 0.15) is 17.5 Å². The molecule has 2 rings (SSSR count). The normalized spacial score (nSPS) is 10.3. The molecule has 4 heteroatoms.